The standard InChI is InChI=1S/C16H24O/c1-5-13(10-16-15(6-2)17-16)14-8-11(3)7-12(4)9-14/h7-9,13,15-16H,5-6,10H2,1-4H3. The van der Waals surface area contributed by atoms with Crippen molar-refractivity contribution in [2.75, 3.05) is 0 Å². The van der Waals surface area contributed by atoms with E-state index in [0.29, 0.717) is 18.1 Å². The topological polar surface area (TPSA) is 12.5 Å². The van der Waals surface area contributed by atoms with Crippen LogP contribution in [0, 0.1) is 13.8 Å². The van der Waals surface area contributed by atoms with Crippen molar-refractivity contribution in [1.82, 2.24) is 0 Å². The molecule has 1 aromatic carbocycles. The van der Waals surface area contributed by atoms with Crippen molar-refractivity contribution < 1.29 is 4.74 Å². The summed E-state index contributed by atoms with van der Waals surface area (Å²) in [5.74, 6) is 0.662. The highest BCUT2D eigenvalue weighted by molar-refractivity contribution is 5.31. The van der Waals surface area contributed by atoms with E-state index >= 15 is 0 Å². The summed E-state index contributed by atoms with van der Waals surface area (Å²) in [6.07, 6.45) is 4.62. The molecule has 3 atom stereocenters. The number of hydrogen-bond donors (Lipinski definition) is 0. The van der Waals surface area contributed by atoms with Crippen LogP contribution >= 0.6 is 0 Å². The third-order valence-electron chi connectivity index (χ3n) is 3.82. The van der Waals surface area contributed by atoms with Crippen LogP contribution < -0.4 is 0 Å². The Morgan fingerprint density at radius 2 is 1.71 bits per heavy atom. The van der Waals surface area contributed by atoms with Crippen LogP contribution in [0.25, 0.3) is 0 Å². The van der Waals surface area contributed by atoms with Crippen LogP contribution in [0.3, 0.4) is 0 Å². The lowest BCUT2D eigenvalue weighted by Crippen LogP contribution is -2.04. The van der Waals surface area contributed by atoms with Gasteiger partial charge in [-0.3, -0.25) is 0 Å². The lowest BCUT2D eigenvalue weighted by atomic mass is 9.89. The van der Waals surface area contributed by atoms with Gasteiger partial charge in [0.2, 0.25) is 0 Å². The molecular formula is C16H24O. The molecule has 94 valence electrons. The monoisotopic (exact) mass is 232 g/mol. The maximum Gasteiger partial charge on any atom is 0.0847 e. The molecule has 0 N–H and O–H groups in total. The number of rotatable bonds is 5. The summed E-state index contributed by atoms with van der Waals surface area (Å²) in [6, 6.07) is 6.92. The maximum atomic E-state index is 5.68. The first-order valence-corrected chi connectivity index (χ1v) is 6.87. The van der Waals surface area contributed by atoms with Crippen LogP contribution in [-0.2, 0) is 4.74 Å². The molecule has 1 heterocycles. The minimum atomic E-state index is 0.519. The van der Waals surface area contributed by atoms with Crippen LogP contribution in [0.2, 0.25) is 0 Å². The fourth-order valence-corrected chi connectivity index (χ4v) is 2.81. The summed E-state index contributed by atoms with van der Waals surface area (Å²) in [5.41, 5.74) is 4.25. The van der Waals surface area contributed by atoms with Gasteiger partial charge in [-0.1, -0.05) is 43.2 Å². The first-order valence-electron chi connectivity index (χ1n) is 6.87. The molecule has 1 aromatic rings. The van der Waals surface area contributed by atoms with Crippen LogP contribution in [0.1, 0.15) is 55.7 Å². The zero-order valence-corrected chi connectivity index (χ0v) is 11.5. The number of hydrogen-bond acceptors (Lipinski definition) is 1. The minimum absolute atomic E-state index is 0.519. The normalized spacial score (nSPS) is 24.7. The molecule has 2 rings (SSSR count). The van der Waals surface area contributed by atoms with Crippen molar-refractivity contribution in [3.63, 3.8) is 0 Å². The first-order chi connectivity index (χ1) is 8.13. The summed E-state index contributed by atoms with van der Waals surface area (Å²) in [6.45, 7) is 8.87. The van der Waals surface area contributed by atoms with Gasteiger partial charge >= 0.3 is 0 Å². The number of epoxide rings is 1. The summed E-state index contributed by atoms with van der Waals surface area (Å²) < 4.78 is 5.68. The largest absolute Gasteiger partial charge is 0.370 e. The summed E-state index contributed by atoms with van der Waals surface area (Å²) in [5, 5.41) is 0. The molecular weight excluding hydrogens is 208 g/mol. The Bertz CT molecular complexity index is 363. The molecule has 1 saturated heterocycles. The van der Waals surface area contributed by atoms with E-state index in [-0.39, 0.29) is 0 Å². The van der Waals surface area contributed by atoms with E-state index < -0.39 is 0 Å². The molecule has 17 heavy (non-hydrogen) atoms. The second-order valence-electron chi connectivity index (χ2n) is 5.38. The predicted octanol–water partition coefficient (Wildman–Crippen LogP) is 4.36. The molecule has 1 aliphatic heterocycles. The molecule has 0 aliphatic carbocycles. The molecule has 0 saturated carbocycles. The fourth-order valence-electron chi connectivity index (χ4n) is 2.81. The van der Waals surface area contributed by atoms with Crippen molar-refractivity contribution in [2.24, 2.45) is 0 Å². The van der Waals surface area contributed by atoms with Gasteiger partial charge in [0.1, 0.15) is 0 Å². The lowest BCUT2D eigenvalue weighted by Gasteiger charge is -2.15. The third kappa shape index (κ3) is 3.10. The highest BCUT2D eigenvalue weighted by atomic mass is 16.6. The summed E-state index contributed by atoms with van der Waals surface area (Å²) in [7, 11) is 0. The Labute approximate surface area is 105 Å². The number of aryl methyl sites for hydroxylation is 2. The molecule has 1 fully saturated rings. The van der Waals surface area contributed by atoms with E-state index in [0.717, 1.165) is 6.42 Å². The smallest absolute Gasteiger partial charge is 0.0847 e. The Hall–Kier alpha value is -0.820. The Morgan fingerprint density at radius 1 is 1.06 bits per heavy atom. The van der Waals surface area contributed by atoms with Crippen molar-refractivity contribution in [3.8, 4) is 0 Å². The van der Waals surface area contributed by atoms with Crippen molar-refractivity contribution >= 4 is 0 Å². The van der Waals surface area contributed by atoms with Crippen LogP contribution in [0.15, 0.2) is 18.2 Å². The van der Waals surface area contributed by atoms with Gasteiger partial charge in [0.25, 0.3) is 0 Å². The Kier molecular flexibility index (Phi) is 3.88. The predicted molar refractivity (Wildman–Crippen MR) is 72.5 cm³/mol. The van der Waals surface area contributed by atoms with E-state index in [1.165, 1.54) is 29.5 Å². The number of benzene rings is 1. The third-order valence-corrected chi connectivity index (χ3v) is 3.82. The van der Waals surface area contributed by atoms with E-state index in [9.17, 15) is 0 Å². The van der Waals surface area contributed by atoms with Crippen LogP contribution in [-0.4, -0.2) is 12.2 Å². The second kappa shape index (κ2) is 5.22. The van der Waals surface area contributed by atoms with Gasteiger partial charge < -0.3 is 4.74 Å². The fraction of sp³-hybridized carbons (Fsp3) is 0.625. The minimum Gasteiger partial charge on any atom is -0.370 e. The van der Waals surface area contributed by atoms with Gasteiger partial charge in [-0.2, -0.15) is 0 Å². The second-order valence-corrected chi connectivity index (χ2v) is 5.38. The van der Waals surface area contributed by atoms with Gasteiger partial charge in [-0.05, 0) is 44.6 Å². The molecule has 0 bridgehead atoms. The van der Waals surface area contributed by atoms with Crippen LogP contribution in [0.4, 0.5) is 0 Å². The van der Waals surface area contributed by atoms with E-state index in [1.807, 2.05) is 0 Å². The number of ether oxygens (including phenoxy) is 1. The molecule has 1 heteroatoms. The molecule has 0 spiro atoms. The SMILES string of the molecule is CCC(CC1OC1CC)c1cc(C)cc(C)c1. The Morgan fingerprint density at radius 3 is 2.18 bits per heavy atom. The quantitative estimate of drug-likeness (QED) is 0.687. The molecule has 0 aromatic heterocycles. The van der Waals surface area contributed by atoms with Gasteiger partial charge in [0, 0.05) is 0 Å². The van der Waals surface area contributed by atoms with Crippen LogP contribution in [0.5, 0.6) is 0 Å². The molecule has 3 unspecified atom stereocenters. The maximum absolute atomic E-state index is 5.68. The van der Waals surface area contributed by atoms with Gasteiger partial charge in [-0.15, -0.1) is 0 Å². The molecule has 0 radical (unpaired) electrons. The highest BCUT2D eigenvalue weighted by Crippen LogP contribution is 2.36. The van der Waals surface area contributed by atoms with E-state index in [4.69, 9.17) is 4.74 Å². The average molecular weight is 232 g/mol. The average Bonchev–Trinajstić information content (AvgIpc) is 3.02. The summed E-state index contributed by atoms with van der Waals surface area (Å²) in [4.78, 5) is 0. The first kappa shape index (κ1) is 12.6. The van der Waals surface area contributed by atoms with Crippen molar-refractivity contribution in [2.45, 2.75) is 65.1 Å². The van der Waals surface area contributed by atoms with E-state index in [1.54, 1.807) is 0 Å². The van der Waals surface area contributed by atoms with Crippen molar-refractivity contribution in [1.29, 1.82) is 0 Å². The lowest BCUT2D eigenvalue weighted by molar-refractivity contribution is 0.349. The van der Waals surface area contributed by atoms with Gasteiger partial charge in [-0.25, -0.2) is 0 Å². The van der Waals surface area contributed by atoms with E-state index in [2.05, 4.69) is 45.9 Å². The highest BCUT2D eigenvalue weighted by Gasteiger charge is 2.38. The zero-order chi connectivity index (χ0) is 12.4. The summed E-state index contributed by atoms with van der Waals surface area (Å²) >= 11 is 0. The molecule has 0 amide bonds. The molecule has 1 nitrogen and oxygen atoms in total. The molecule has 1 aliphatic rings. The zero-order valence-electron chi connectivity index (χ0n) is 11.5. The Balaban J connectivity index is 2.06. The van der Waals surface area contributed by atoms with Gasteiger partial charge in [0.05, 0.1) is 12.2 Å². The van der Waals surface area contributed by atoms with Gasteiger partial charge in [0.15, 0.2) is 0 Å². The van der Waals surface area contributed by atoms with Crippen molar-refractivity contribution in [3.05, 3.63) is 34.9 Å².